The maximum absolute atomic E-state index is 11.7. The molecule has 1 aliphatic heterocycles. The number of benzene rings is 1. The largest absolute Gasteiger partial charge is 0.368 e. The van der Waals surface area contributed by atoms with Crippen molar-refractivity contribution >= 4 is 11.5 Å². The fraction of sp³-hybridized carbons (Fsp3) is 0.467. The van der Waals surface area contributed by atoms with Gasteiger partial charge in [0.05, 0.1) is 11.6 Å². The smallest absolute Gasteiger partial charge is 0.161 e. The highest BCUT2D eigenvalue weighted by molar-refractivity contribution is 6.00. The van der Waals surface area contributed by atoms with Gasteiger partial charge in [0.15, 0.2) is 5.78 Å². The first-order chi connectivity index (χ1) is 9.15. The summed E-state index contributed by atoms with van der Waals surface area (Å²) < 4.78 is 0. The van der Waals surface area contributed by atoms with Crippen molar-refractivity contribution in [1.82, 2.24) is 4.90 Å². The van der Waals surface area contributed by atoms with Crippen molar-refractivity contribution in [2.45, 2.75) is 13.8 Å². The Morgan fingerprint density at radius 2 is 2.00 bits per heavy atom. The third-order valence-electron chi connectivity index (χ3n) is 3.67. The lowest BCUT2D eigenvalue weighted by Gasteiger charge is -2.36. The van der Waals surface area contributed by atoms with Crippen molar-refractivity contribution in [2.24, 2.45) is 0 Å². The van der Waals surface area contributed by atoms with E-state index in [2.05, 4.69) is 22.8 Å². The Labute approximate surface area is 114 Å². The molecule has 1 aromatic carbocycles. The van der Waals surface area contributed by atoms with E-state index in [1.807, 2.05) is 6.07 Å². The quantitative estimate of drug-likeness (QED) is 0.776. The van der Waals surface area contributed by atoms with Crippen LogP contribution in [0, 0.1) is 11.3 Å². The van der Waals surface area contributed by atoms with Gasteiger partial charge < -0.3 is 9.80 Å². The zero-order valence-electron chi connectivity index (χ0n) is 11.5. The SMILES string of the molecule is CCN1CCN(c2cc(C#N)ccc2C(C)=O)CC1. The molecule has 0 bridgehead atoms. The maximum atomic E-state index is 11.7. The summed E-state index contributed by atoms with van der Waals surface area (Å²) in [4.78, 5) is 16.3. The first-order valence-corrected chi connectivity index (χ1v) is 6.68. The van der Waals surface area contributed by atoms with Crippen molar-refractivity contribution in [1.29, 1.82) is 5.26 Å². The van der Waals surface area contributed by atoms with E-state index >= 15 is 0 Å². The number of carbonyl (C=O) groups excluding carboxylic acids is 1. The van der Waals surface area contributed by atoms with Gasteiger partial charge in [-0.15, -0.1) is 0 Å². The third-order valence-corrected chi connectivity index (χ3v) is 3.67. The summed E-state index contributed by atoms with van der Waals surface area (Å²) in [5.74, 6) is 0.0532. The van der Waals surface area contributed by atoms with E-state index in [9.17, 15) is 4.79 Å². The summed E-state index contributed by atoms with van der Waals surface area (Å²) in [6, 6.07) is 7.45. The number of Topliss-reactive ketones (excluding diaryl/α,β-unsaturated/α-hetero) is 1. The van der Waals surface area contributed by atoms with Gasteiger partial charge in [-0.05, 0) is 31.7 Å². The Bertz CT molecular complexity index is 511. The summed E-state index contributed by atoms with van der Waals surface area (Å²) >= 11 is 0. The molecule has 0 aromatic heterocycles. The molecule has 1 saturated heterocycles. The predicted octanol–water partition coefficient (Wildman–Crippen LogP) is 1.90. The first-order valence-electron chi connectivity index (χ1n) is 6.68. The fourth-order valence-electron chi connectivity index (χ4n) is 2.47. The van der Waals surface area contributed by atoms with Gasteiger partial charge in [-0.25, -0.2) is 0 Å². The van der Waals surface area contributed by atoms with Gasteiger partial charge in [0, 0.05) is 37.4 Å². The van der Waals surface area contributed by atoms with Gasteiger partial charge in [0.2, 0.25) is 0 Å². The zero-order chi connectivity index (χ0) is 13.8. The zero-order valence-corrected chi connectivity index (χ0v) is 11.5. The molecular formula is C15H19N3O. The van der Waals surface area contributed by atoms with Crippen molar-refractivity contribution < 1.29 is 4.79 Å². The van der Waals surface area contributed by atoms with Gasteiger partial charge in [0.25, 0.3) is 0 Å². The number of rotatable bonds is 3. The second-order valence-corrected chi connectivity index (χ2v) is 4.82. The van der Waals surface area contributed by atoms with Crippen molar-refractivity contribution in [2.75, 3.05) is 37.6 Å². The Balaban J connectivity index is 2.28. The molecule has 1 heterocycles. The van der Waals surface area contributed by atoms with E-state index < -0.39 is 0 Å². The highest BCUT2D eigenvalue weighted by Gasteiger charge is 2.19. The number of ketones is 1. The summed E-state index contributed by atoms with van der Waals surface area (Å²) in [5.41, 5.74) is 2.23. The molecule has 19 heavy (non-hydrogen) atoms. The highest BCUT2D eigenvalue weighted by atomic mass is 16.1. The van der Waals surface area contributed by atoms with Crippen LogP contribution >= 0.6 is 0 Å². The van der Waals surface area contributed by atoms with Crippen LogP contribution in [0.3, 0.4) is 0 Å². The first kappa shape index (κ1) is 13.6. The molecule has 0 spiro atoms. The average molecular weight is 257 g/mol. The molecule has 1 aliphatic rings. The molecule has 0 N–H and O–H groups in total. The molecule has 0 aliphatic carbocycles. The summed E-state index contributed by atoms with van der Waals surface area (Å²) in [6.07, 6.45) is 0. The number of likely N-dealkylation sites (N-methyl/N-ethyl adjacent to an activating group) is 1. The number of hydrogen-bond acceptors (Lipinski definition) is 4. The molecule has 2 rings (SSSR count). The molecule has 4 nitrogen and oxygen atoms in total. The third kappa shape index (κ3) is 2.94. The normalized spacial score (nSPS) is 16.2. The minimum absolute atomic E-state index is 0.0532. The molecule has 0 radical (unpaired) electrons. The molecule has 100 valence electrons. The van der Waals surface area contributed by atoms with Gasteiger partial charge >= 0.3 is 0 Å². The average Bonchev–Trinajstić information content (AvgIpc) is 2.46. The summed E-state index contributed by atoms with van der Waals surface area (Å²) in [5, 5.41) is 9.01. The van der Waals surface area contributed by atoms with Crippen LogP contribution in [0.25, 0.3) is 0 Å². The van der Waals surface area contributed by atoms with E-state index in [-0.39, 0.29) is 5.78 Å². The molecule has 1 aromatic rings. The van der Waals surface area contributed by atoms with Crippen LogP contribution in [0.15, 0.2) is 18.2 Å². The molecule has 1 fully saturated rings. The Hall–Kier alpha value is -1.86. The Morgan fingerprint density at radius 3 is 2.53 bits per heavy atom. The van der Waals surface area contributed by atoms with Crippen LogP contribution in [0.4, 0.5) is 5.69 Å². The standard InChI is InChI=1S/C15H19N3O/c1-3-17-6-8-18(9-7-17)15-10-13(11-16)4-5-14(15)12(2)19/h4-5,10H,3,6-9H2,1-2H3. The van der Waals surface area contributed by atoms with Crippen molar-refractivity contribution in [3.8, 4) is 6.07 Å². The van der Waals surface area contributed by atoms with Crippen LogP contribution in [-0.4, -0.2) is 43.4 Å². The molecule has 4 heteroatoms. The lowest BCUT2D eigenvalue weighted by Crippen LogP contribution is -2.46. The fourth-order valence-corrected chi connectivity index (χ4v) is 2.47. The van der Waals surface area contributed by atoms with E-state index in [0.29, 0.717) is 11.1 Å². The second-order valence-electron chi connectivity index (χ2n) is 4.82. The number of carbonyl (C=O) groups is 1. The number of piperazine rings is 1. The van der Waals surface area contributed by atoms with E-state index in [4.69, 9.17) is 5.26 Å². The summed E-state index contributed by atoms with van der Waals surface area (Å²) in [6.45, 7) is 8.62. The Morgan fingerprint density at radius 1 is 1.32 bits per heavy atom. The molecule has 0 atom stereocenters. The maximum Gasteiger partial charge on any atom is 0.161 e. The predicted molar refractivity (Wildman–Crippen MR) is 75.5 cm³/mol. The number of nitrogens with zero attached hydrogens (tertiary/aromatic N) is 3. The van der Waals surface area contributed by atoms with Gasteiger partial charge in [-0.3, -0.25) is 4.79 Å². The van der Waals surface area contributed by atoms with Crippen LogP contribution < -0.4 is 4.90 Å². The van der Waals surface area contributed by atoms with Gasteiger partial charge in [0.1, 0.15) is 0 Å². The lowest BCUT2D eigenvalue weighted by molar-refractivity contribution is 0.101. The van der Waals surface area contributed by atoms with Crippen LogP contribution in [0.5, 0.6) is 0 Å². The number of hydrogen-bond donors (Lipinski definition) is 0. The lowest BCUT2D eigenvalue weighted by atomic mass is 10.0. The van der Waals surface area contributed by atoms with Crippen molar-refractivity contribution in [3.05, 3.63) is 29.3 Å². The Kier molecular flexibility index (Phi) is 4.18. The van der Waals surface area contributed by atoms with Gasteiger partial charge in [-0.2, -0.15) is 5.26 Å². The minimum Gasteiger partial charge on any atom is -0.368 e. The van der Waals surface area contributed by atoms with Gasteiger partial charge in [-0.1, -0.05) is 6.92 Å². The van der Waals surface area contributed by atoms with Crippen LogP contribution in [0.1, 0.15) is 29.8 Å². The topological polar surface area (TPSA) is 47.3 Å². The van der Waals surface area contributed by atoms with Crippen LogP contribution in [0.2, 0.25) is 0 Å². The van der Waals surface area contributed by atoms with E-state index in [1.165, 1.54) is 0 Å². The number of anilines is 1. The highest BCUT2D eigenvalue weighted by Crippen LogP contribution is 2.24. The van der Waals surface area contributed by atoms with Crippen molar-refractivity contribution in [3.63, 3.8) is 0 Å². The van der Waals surface area contributed by atoms with Crippen LogP contribution in [-0.2, 0) is 0 Å². The molecule has 0 saturated carbocycles. The molecule has 0 amide bonds. The second kappa shape index (κ2) is 5.85. The van der Waals surface area contributed by atoms with E-state index in [1.54, 1.807) is 19.1 Å². The number of nitriles is 1. The minimum atomic E-state index is 0.0532. The monoisotopic (exact) mass is 257 g/mol. The van der Waals surface area contributed by atoms with E-state index in [0.717, 1.165) is 38.4 Å². The molecule has 0 unspecified atom stereocenters. The summed E-state index contributed by atoms with van der Waals surface area (Å²) in [7, 11) is 0. The molecular weight excluding hydrogens is 238 g/mol.